The summed E-state index contributed by atoms with van der Waals surface area (Å²) in [7, 11) is 1.24. The molecule has 0 aromatic heterocycles. The number of aliphatic hydroxyl groups excluding tert-OH is 1. The first-order valence-corrected chi connectivity index (χ1v) is 17.8. The van der Waals surface area contributed by atoms with Gasteiger partial charge < -0.3 is 28.8 Å². The summed E-state index contributed by atoms with van der Waals surface area (Å²) in [5.74, 6) is -0.221. The van der Waals surface area contributed by atoms with E-state index in [2.05, 4.69) is 36.5 Å². The third-order valence-corrected chi connectivity index (χ3v) is 7.79. The first-order valence-electron chi connectivity index (χ1n) is 16.4. The van der Waals surface area contributed by atoms with Crippen molar-refractivity contribution in [3.63, 3.8) is 0 Å². The van der Waals surface area contributed by atoms with Gasteiger partial charge in [0, 0.05) is 6.42 Å². The molecule has 0 aromatic rings. The molecule has 0 saturated carbocycles. The third-order valence-electron chi connectivity index (χ3n) is 6.83. The van der Waals surface area contributed by atoms with Crippen LogP contribution in [-0.4, -0.2) is 68.5 Å². The van der Waals surface area contributed by atoms with Crippen molar-refractivity contribution in [1.82, 2.24) is 5.32 Å². The molecule has 0 saturated heterocycles. The minimum Gasteiger partial charge on any atom is -0.756 e. The Morgan fingerprint density at radius 3 is 2.02 bits per heavy atom. The summed E-state index contributed by atoms with van der Waals surface area (Å²) in [6, 6.07) is -0.884. The van der Waals surface area contributed by atoms with Crippen molar-refractivity contribution >= 4 is 13.7 Å². The van der Waals surface area contributed by atoms with Crippen molar-refractivity contribution in [2.24, 2.45) is 0 Å². The first-order chi connectivity index (χ1) is 20.0. The summed E-state index contributed by atoms with van der Waals surface area (Å²) in [4.78, 5) is 24.8. The average Bonchev–Trinajstić information content (AvgIpc) is 2.92. The minimum absolute atomic E-state index is 0.00552. The molecule has 3 unspecified atom stereocenters. The lowest BCUT2D eigenvalue weighted by Crippen LogP contribution is -2.45. The number of carbonyl (C=O) groups excluding carboxylic acids is 1. The summed E-state index contributed by atoms with van der Waals surface area (Å²) < 4.78 is 22.7. The van der Waals surface area contributed by atoms with Crippen LogP contribution in [0.25, 0.3) is 0 Å². The second kappa shape index (κ2) is 26.2. The molecule has 2 N–H and O–H groups in total. The number of phosphoric ester groups is 1. The number of amides is 1. The highest BCUT2D eigenvalue weighted by Crippen LogP contribution is 2.38. The van der Waals surface area contributed by atoms with Gasteiger partial charge in [0.2, 0.25) is 5.91 Å². The van der Waals surface area contributed by atoms with E-state index in [0.717, 1.165) is 51.4 Å². The van der Waals surface area contributed by atoms with Crippen LogP contribution in [0.5, 0.6) is 0 Å². The number of likely N-dealkylation sites (N-methyl/N-ethyl adjacent to an activating group) is 1. The molecule has 0 rings (SSSR count). The van der Waals surface area contributed by atoms with Crippen LogP contribution in [0, 0.1) is 0 Å². The van der Waals surface area contributed by atoms with Gasteiger partial charge in [0.05, 0.1) is 39.9 Å². The molecule has 3 atom stereocenters. The predicted molar refractivity (Wildman–Crippen MR) is 173 cm³/mol. The van der Waals surface area contributed by atoms with Crippen molar-refractivity contribution in [2.45, 2.75) is 129 Å². The van der Waals surface area contributed by atoms with Gasteiger partial charge in [0.25, 0.3) is 7.82 Å². The van der Waals surface area contributed by atoms with Crippen LogP contribution in [0.1, 0.15) is 117 Å². The Labute approximate surface area is 257 Å². The second-order valence-electron chi connectivity index (χ2n) is 12.2. The molecule has 9 heteroatoms. The lowest BCUT2D eigenvalue weighted by atomic mass is 10.1. The summed E-state index contributed by atoms with van der Waals surface area (Å²) >= 11 is 0. The number of phosphoric acid groups is 1. The molecule has 8 nitrogen and oxygen atoms in total. The Kier molecular flexibility index (Phi) is 25.4. The fourth-order valence-corrected chi connectivity index (χ4v) is 4.85. The van der Waals surface area contributed by atoms with Gasteiger partial charge in [-0.25, -0.2) is 0 Å². The van der Waals surface area contributed by atoms with Crippen LogP contribution >= 0.6 is 7.82 Å². The van der Waals surface area contributed by atoms with Crippen molar-refractivity contribution in [1.29, 1.82) is 0 Å². The summed E-state index contributed by atoms with van der Waals surface area (Å²) in [5, 5.41) is 13.3. The smallest absolute Gasteiger partial charge is 0.268 e. The van der Waals surface area contributed by atoms with E-state index < -0.39 is 20.0 Å². The molecule has 0 aliphatic carbocycles. The molecular formula is C33H63N2O6P. The van der Waals surface area contributed by atoms with Crippen LogP contribution < -0.4 is 10.2 Å². The normalized spacial score (nSPS) is 15.5. The van der Waals surface area contributed by atoms with Gasteiger partial charge in [-0.05, 0) is 44.9 Å². The van der Waals surface area contributed by atoms with E-state index >= 15 is 0 Å². The lowest BCUT2D eigenvalue weighted by molar-refractivity contribution is -0.870. The zero-order chi connectivity index (χ0) is 31.5. The first kappa shape index (κ1) is 40.7. The lowest BCUT2D eigenvalue weighted by Gasteiger charge is -2.29. The van der Waals surface area contributed by atoms with Crippen LogP contribution in [0.4, 0.5) is 0 Å². The molecule has 42 heavy (non-hydrogen) atoms. The largest absolute Gasteiger partial charge is 0.756 e. The van der Waals surface area contributed by atoms with Crippen LogP contribution in [0.2, 0.25) is 0 Å². The number of quaternary nitrogens is 1. The number of nitrogens with zero attached hydrogens (tertiary/aromatic N) is 1. The van der Waals surface area contributed by atoms with Gasteiger partial charge in [0.1, 0.15) is 13.2 Å². The van der Waals surface area contributed by atoms with Crippen LogP contribution in [0.3, 0.4) is 0 Å². The van der Waals surface area contributed by atoms with Crippen molar-refractivity contribution in [3.05, 3.63) is 36.5 Å². The van der Waals surface area contributed by atoms with E-state index in [1.54, 1.807) is 6.08 Å². The number of nitrogens with one attached hydrogen (secondary N) is 1. The van der Waals surface area contributed by atoms with Gasteiger partial charge in [0.15, 0.2) is 0 Å². The molecule has 0 aromatic carbocycles. The standard InChI is InChI=1S/C33H63N2O6P/c1-6-8-10-11-12-13-14-15-16-17-18-19-20-21-22-23-25-27-33(37)34-31(32(36)26-24-9-7-2)30-41-42(38,39)40-29-28-35(3,4)5/h12-13,15-16,24,26,31-32,36H,6-11,14,17-23,25,27-30H2,1-5H3,(H-,34,37,38,39)/b13-12-,16-15-,26-24+. The fourth-order valence-electron chi connectivity index (χ4n) is 4.13. The minimum atomic E-state index is -4.56. The van der Waals surface area contributed by atoms with E-state index in [9.17, 15) is 19.4 Å². The number of rotatable bonds is 28. The SMILES string of the molecule is CCC/C=C/C(O)C(COP(=O)([O-])OCC[N+](C)(C)C)NC(=O)CCCCCCCCC/C=C\C/C=C\CCCCC. The molecule has 0 aliphatic rings. The van der Waals surface area contributed by atoms with Crippen molar-refractivity contribution in [3.8, 4) is 0 Å². The highest BCUT2D eigenvalue weighted by molar-refractivity contribution is 7.45. The number of hydrogen-bond acceptors (Lipinski definition) is 6. The Hall–Kier alpha value is -1.28. The monoisotopic (exact) mass is 614 g/mol. The maximum atomic E-state index is 12.6. The topological polar surface area (TPSA) is 108 Å². The second-order valence-corrected chi connectivity index (χ2v) is 13.6. The zero-order valence-corrected chi connectivity index (χ0v) is 28.3. The highest BCUT2D eigenvalue weighted by Gasteiger charge is 2.23. The molecule has 1 amide bonds. The Morgan fingerprint density at radius 1 is 0.833 bits per heavy atom. The maximum Gasteiger partial charge on any atom is 0.268 e. The zero-order valence-electron chi connectivity index (χ0n) is 27.4. The van der Waals surface area contributed by atoms with E-state index in [0.29, 0.717) is 17.4 Å². The van der Waals surface area contributed by atoms with Crippen LogP contribution in [-0.2, 0) is 18.4 Å². The van der Waals surface area contributed by atoms with Crippen molar-refractivity contribution < 1.29 is 32.9 Å². The summed E-state index contributed by atoms with van der Waals surface area (Å²) in [5.41, 5.74) is 0. The Balaban J connectivity index is 4.23. The molecule has 0 spiro atoms. The molecule has 246 valence electrons. The van der Waals surface area contributed by atoms with E-state index in [1.807, 2.05) is 34.1 Å². The molecular weight excluding hydrogens is 551 g/mol. The quantitative estimate of drug-likeness (QED) is 0.0426. The average molecular weight is 615 g/mol. The summed E-state index contributed by atoms with van der Waals surface area (Å²) in [6.45, 7) is 4.35. The molecule has 0 bridgehead atoms. The van der Waals surface area contributed by atoms with Gasteiger partial charge in [-0.3, -0.25) is 9.36 Å². The molecule has 0 aliphatic heterocycles. The number of carbonyl (C=O) groups is 1. The Morgan fingerprint density at radius 2 is 1.43 bits per heavy atom. The van der Waals surface area contributed by atoms with E-state index in [1.165, 1.54) is 44.9 Å². The number of aliphatic hydroxyl groups is 1. The number of hydrogen-bond donors (Lipinski definition) is 2. The van der Waals surface area contributed by atoms with Crippen LogP contribution in [0.15, 0.2) is 36.5 Å². The van der Waals surface area contributed by atoms with Crippen molar-refractivity contribution in [2.75, 3.05) is 40.9 Å². The van der Waals surface area contributed by atoms with Gasteiger partial charge in [-0.15, -0.1) is 0 Å². The molecule has 0 radical (unpaired) electrons. The van der Waals surface area contributed by atoms with Gasteiger partial charge in [-0.2, -0.15) is 0 Å². The van der Waals surface area contributed by atoms with Gasteiger partial charge >= 0.3 is 0 Å². The fraction of sp³-hybridized carbons (Fsp3) is 0.788. The van der Waals surface area contributed by atoms with E-state index in [4.69, 9.17) is 9.05 Å². The highest BCUT2D eigenvalue weighted by atomic mass is 31.2. The maximum absolute atomic E-state index is 12.6. The molecule has 0 fully saturated rings. The van der Waals surface area contributed by atoms with E-state index in [-0.39, 0.29) is 19.1 Å². The third kappa shape index (κ3) is 27.5. The molecule has 0 heterocycles. The van der Waals surface area contributed by atoms with Gasteiger partial charge in [-0.1, -0.05) is 102 Å². The number of allylic oxidation sites excluding steroid dienone is 5. The number of unbranched alkanes of at least 4 members (excludes halogenated alkanes) is 11. The predicted octanol–water partition coefficient (Wildman–Crippen LogP) is 6.99. The summed E-state index contributed by atoms with van der Waals surface area (Å²) in [6.07, 6.45) is 28.4. The Bertz CT molecular complexity index is 794.